The molecule has 0 unspecified atom stereocenters. The summed E-state index contributed by atoms with van der Waals surface area (Å²) in [5.74, 6) is -0.125. The van der Waals surface area contributed by atoms with E-state index < -0.39 is 0 Å². The van der Waals surface area contributed by atoms with E-state index in [0.29, 0.717) is 36.5 Å². The number of nitrogens with zero attached hydrogens (tertiary/aromatic N) is 3. The number of amides is 1. The van der Waals surface area contributed by atoms with Crippen LogP contribution in [0.1, 0.15) is 29.4 Å². The fourth-order valence-corrected chi connectivity index (χ4v) is 1.52. The summed E-state index contributed by atoms with van der Waals surface area (Å²) in [7, 11) is 0. The molecule has 90 valence electrons. The lowest BCUT2D eigenvalue weighted by molar-refractivity contribution is 0.0766. The van der Waals surface area contributed by atoms with Gasteiger partial charge in [-0.2, -0.15) is 5.26 Å². The standard InChI is InChI=1S/C12H16N4O/c1-3-16(6-4-5-13)12(17)11-7-10(14)8-15-9(11)2/h7-8H,3-4,6,14H2,1-2H3. The predicted octanol–water partition coefficient (Wildman–Crippen LogP) is 1.35. The maximum absolute atomic E-state index is 12.2. The van der Waals surface area contributed by atoms with Crippen molar-refractivity contribution in [1.82, 2.24) is 9.88 Å². The fourth-order valence-electron chi connectivity index (χ4n) is 1.52. The van der Waals surface area contributed by atoms with Gasteiger partial charge in [0.25, 0.3) is 5.91 Å². The van der Waals surface area contributed by atoms with Crippen molar-refractivity contribution in [3.05, 3.63) is 23.5 Å². The molecule has 0 spiro atoms. The SMILES string of the molecule is CCN(CCC#N)C(=O)c1cc(N)cnc1C. The molecule has 0 aliphatic heterocycles. The van der Waals surface area contributed by atoms with Gasteiger partial charge in [-0.1, -0.05) is 0 Å². The van der Waals surface area contributed by atoms with Crippen molar-refractivity contribution >= 4 is 11.6 Å². The summed E-state index contributed by atoms with van der Waals surface area (Å²) in [6, 6.07) is 3.66. The van der Waals surface area contributed by atoms with E-state index in [4.69, 9.17) is 11.0 Å². The molecule has 1 aromatic rings. The summed E-state index contributed by atoms with van der Waals surface area (Å²) in [6.45, 7) is 4.64. The molecule has 0 fully saturated rings. The lowest BCUT2D eigenvalue weighted by Crippen LogP contribution is -2.32. The number of carbonyl (C=O) groups is 1. The van der Waals surface area contributed by atoms with E-state index in [0.717, 1.165) is 0 Å². The first-order valence-corrected chi connectivity index (χ1v) is 5.48. The van der Waals surface area contributed by atoms with Crippen LogP contribution >= 0.6 is 0 Å². The van der Waals surface area contributed by atoms with Gasteiger partial charge in [0.15, 0.2) is 0 Å². The summed E-state index contributed by atoms with van der Waals surface area (Å²) in [4.78, 5) is 17.9. The first kappa shape index (κ1) is 13.0. The molecular formula is C12H16N4O. The number of rotatable bonds is 4. The van der Waals surface area contributed by atoms with Crippen LogP contribution in [0.3, 0.4) is 0 Å². The number of nitriles is 1. The van der Waals surface area contributed by atoms with Crippen LogP contribution in [0, 0.1) is 18.3 Å². The summed E-state index contributed by atoms with van der Waals surface area (Å²) in [6.07, 6.45) is 1.85. The second-order valence-electron chi connectivity index (χ2n) is 3.69. The van der Waals surface area contributed by atoms with E-state index in [1.807, 2.05) is 13.0 Å². The van der Waals surface area contributed by atoms with Gasteiger partial charge in [-0.05, 0) is 19.9 Å². The molecule has 1 rings (SSSR count). The van der Waals surface area contributed by atoms with Crippen molar-refractivity contribution in [2.45, 2.75) is 20.3 Å². The van der Waals surface area contributed by atoms with Crippen molar-refractivity contribution in [3.63, 3.8) is 0 Å². The molecule has 0 saturated carbocycles. The Morgan fingerprint density at radius 1 is 1.65 bits per heavy atom. The third kappa shape index (κ3) is 3.18. The largest absolute Gasteiger partial charge is 0.397 e. The van der Waals surface area contributed by atoms with Crippen LogP contribution in [-0.4, -0.2) is 28.9 Å². The van der Waals surface area contributed by atoms with Crippen LogP contribution in [0.25, 0.3) is 0 Å². The van der Waals surface area contributed by atoms with Crippen LogP contribution in [0.5, 0.6) is 0 Å². The molecule has 0 aromatic carbocycles. The lowest BCUT2D eigenvalue weighted by atomic mass is 10.1. The summed E-state index contributed by atoms with van der Waals surface area (Å²) >= 11 is 0. The highest BCUT2D eigenvalue weighted by molar-refractivity contribution is 5.96. The molecular weight excluding hydrogens is 216 g/mol. The number of pyridine rings is 1. The van der Waals surface area contributed by atoms with E-state index >= 15 is 0 Å². The fraction of sp³-hybridized carbons (Fsp3) is 0.417. The first-order chi connectivity index (χ1) is 8.10. The van der Waals surface area contributed by atoms with Gasteiger partial charge >= 0.3 is 0 Å². The molecule has 0 bridgehead atoms. The van der Waals surface area contributed by atoms with E-state index in [9.17, 15) is 4.79 Å². The second-order valence-corrected chi connectivity index (χ2v) is 3.69. The molecule has 17 heavy (non-hydrogen) atoms. The third-order valence-electron chi connectivity index (χ3n) is 2.50. The van der Waals surface area contributed by atoms with Gasteiger partial charge in [0, 0.05) is 13.1 Å². The van der Waals surface area contributed by atoms with E-state index in [1.54, 1.807) is 17.9 Å². The summed E-state index contributed by atoms with van der Waals surface area (Å²) < 4.78 is 0. The lowest BCUT2D eigenvalue weighted by Gasteiger charge is -2.20. The van der Waals surface area contributed by atoms with E-state index in [1.165, 1.54) is 6.20 Å². The van der Waals surface area contributed by atoms with Crippen molar-refractivity contribution < 1.29 is 4.79 Å². The van der Waals surface area contributed by atoms with Crippen molar-refractivity contribution in [1.29, 1.82) is 5.26 Å². The number of anilines is 1. The zero-order valence-corrected chi connectivity index (χ0v) is 10.1. The number of carbonyl (C=O) groups excluding carboxylic acids is 1. The second kappa shape index (κ2) is 5.85. The van der Waals surface area contributed by atoms with Crippen molar-refractivity contribution in [3.8, 4) is 6.07 Å². The maximum atomic E-state index is 12.2. The Balaban J connectivity index is 2.94. The van der Waals surface area contributed by atoms with Crippen LogP contribution in [0.2, 0.25) is 0 Å². The van der Waals surface area contributed by atoms with Gasteiger partial charge in [-0.25, -0.2) is 0 Å². The van der Waals surface area contributed by atoms with E-state index in [-0.39, 0.29) is 5.91 Å². The number of hydrogen-bond donors (Lipinski definition) is 1. The van der Waals surface area contributed by atoms with Gasteiger partial charge < -0.3 is 10.6 Å². The van der Waals surface area contributed by atoms with Crippen LogP contribution in [-0.2, 0) is 0 Å². The van der Waals surface area contributed by atoms with Crippen LogP contribution in [0.15, 0.2) is 12.3 Å². The molecule has 2 N–H and O–H groups in total. The molecule has 0 aliphatic carbocycles. The van der Waals surface area contributed by atoms with Crippen molar-refractivity contribution in [2.75, 3.05) is 18.8 Å². The van der Waals surface area contributed by atoms with E-state index in [2.05, 4.69) is 4.98 Å². The average Bonchev–Trinajstić information content (AvgIpc) is 2.33. The Bertz CT molecular complexity index is 450. The average molecular weight is 232 g/mol. The zero-order valence-electron chi connectivity index (χ0n) is 10.1. The monoisotopic (exact) mass is 232 g/mol. The molecule has 0 radical (unpaired) electrons. The molecule has 0 atom stereocenters. The first-order valence-electron chi connectivity index (χ1n) is 5.48. The Morgan fingerprint density at radius 3 is 2.94 bits per heavy atom. The third-order valence-corrected chi connectivity index (χ3v) is 2.50. The predicted molar refractivity (Wildman–Crippen MR) is 65.2 cm³/mol. The van der Waals surface area contributed by atoms with Gasteiger partial charge in [0.05, 0.1) is 35.6 Å². The molecule has 5 heteroatoms. The maximum Gasteiger partial charge on any atom is 0.255 e. The normalized spacial score (nSPS) is 9.71. The number of aromatic nitrogens is 1. The van der Waals surface area contributed by atoms with Gasteiger partial charge in [0.2, 0.25) is 0 Å². The van der Waals surface area contributed by atoms with Gasteiger partial charge in [0.1, 0.15) is 0 Å². The molecule has 1 aromatic heterocycles. The van der Waals surface area contributed by atoms with Crippen molar-refractivity contribution in [2.24, 2.45) is 0 Å². The number of aryl methyl sites for hydroxylation is 1. The highest BCUT2D eigenvalue weighted by atomic mass is 16.2. The Kier molecular flexibility index (Phi) is 4.46. The van der Waals surface area contributed by atoms with Crippen LogP contribution < -0.4 is 5.73 Å². The number of hydrogen-bond acceptors (Lipinski definition) is 4. The molecule has 1 heterocycles. The molecule has 5 nitrogen and oxygen atoms in total. The molecule has 0 aliphatic rings. The number of nitrogens with two attached hydrogens (primary N) is 1. The minimum atomic E-state index is -0.125. The van der Waals surface area contributed by atoms with Gasteiger partial charge in [-0.15, -0.1) is 0 Å². The Morgan fingerprint density at radius 2 is 2.35 bits per heavy atom. The molecule has 0 saturated heterocycles. The highest BCUT2D eigenvalue weighted by Gasteiger charge is 2.16. The Labute approximate surface area is 101 Å². The zero-order chi connectivity index (χ0) is 12.8. The van der Waals surface area contributed by atoms with Crippen LogP contribution in [0.4, 0.5) is 5.69 Å². The topological polar surface area (TPSA) is 83.0 Å². The minimum absolute atomic E-state index is 0.125. The van der Waals surface area contributed by atoms with Gasteiger partial charge in [-0.3, -0.25) is 9.78 Å². The smallest absolute Gasteiger partial charge is 0.255 e. The summed E-state index contributed by atoms with van der Waals surface area (Å²) in [5, 5.41) is 8.54. The summed E-state index contributed by atoms with van der Waals surface area (Å²) in [5.41, 5.74) is 7.25. The number of nitrogen functional groups attached to an aromatic ring is 1. The molecule has 1 amide bonds. The quantitative estimate of drug-likeness (QED) is 0.849. The Hall–Kier alpha value is -2.09. The minimum Gasteiger partial charge on any atom is -0.397 e. The highest BCUT2D eigenvalue weighted by Crippen LogP contribution is 2.12.